The fourth-order valence-electron chi connectivity index (χ4n) is 4.39. The molecule has 7 atom stereocenters. The molecule has 0 fully saturated rings. The molecule has 4 unspecified atom stereocenters. The van der Waals surface area contributed by atoms with Crippen LogP contribution in [0.3, 0.4) is 0 Å². The van der Waals surface area contributed by atoms with Crippen molar-refractivity contribution in [3.8, 4) is 0 Å². The van der Waals surface area contributed by atoms with Crippen molar-refractivity contribution in [3.63, 3.8) is 0 Å². The number of hydrogen-bond acceptors (Lipinski definition) is 12. The molecule has 13 nitrogen and oxygen atoms in total. The Morgan fingerprint density at radius 3 is 1.68 bits per heavy atom. The molecule has 0 rings (SSSR count). The smallest absolute Gasteiger partial charge is 0.344 e. The molecule has 0 saturated heterocycles. The van der Waals surface area contributed by atoms with Crippen LogP contribution >= 0.6 is 0 Å². The maximum atomic E-state index is 13.8. The molecule has 230 valence electrons. The van der Waals surface area contributed by atoms with Crippen LogP contribution in [0.15, 0.2) is 0 Å². The van der Waals surface area contributed by atoms with E-state index in [2.05, 4.69) is 16.0 Å². The average molecular weight is 574 g/mol. The lowest BCUT2D eigenvalue weighted by atomic mass is 9.71. The number of hydrogen-bond donors (Lipinski definition) is 7. The van der Waals surface area contributed by atoms with Crippen LogP contribution in [0.2, 0.25) is 0 Å². The number of ketones is 5. The van der Waals surface area contributed by atoms with Gasteiger partial charge in [-0.2, -0.15) is 0 Å². The fourth-order valence-corrected chi connectivity index (χ4v) is 4.39. The van der Waals surface area contributed by atoms with Gasteiger partial charge < -0.3 is 36.4 Å². The highest BCUT2D eigenvalue weighted by Gasteiger charge is 2.61. The van der Waals surface area contributed by atoms with Crippen LogP contribution in [0.1, 0.15) is 67.2 Å². The molecular weight excluding hydrogens is 526 g/mol. The summed E-state index contributed by atoms with van der Waals surface area (Å²) in [6.45, 7) is 9.05. The Labute approximate surface area is 235 Å². The van der Waals surface area contributed by atoms with Crippen molar-refractivity contribution in [2.45, 2.75) is 102 Å². The fraction of sp³-hybridized carbons (Fsp3) is 0.778. The van der Waals surface area contributed by atoms with Crippen molar-refractivity contribution in [2.24, 2.45) is 11.8 Å². The summed E-state index contributed by atoms with van der Waals surface area (Å²) in [5.41, 5.74) is -9.94. The predicted octanol–water partition coefficient (Wildman–Crippen LogP) is -1.21. The van der Waals surface area contributed by atoms with E-state index in [9.17, 15) is 49.2 Å². The highest BCUT2D eigenvalue weighted by atomic mass is 16.4. The second-order valence-electron chi connectivity index (χ2n) is 11.0. The summed E-state index contributed by atoms with van der Waals surface area (Å²) in [6.07, 6.45) is -2.26. The largest absolute Gasteiger partial charge is 0.479 e. The van der Waals surface area contributed by atoms with E-state index >= 15 is 0 Å². The molecule has 0 radical (unpaired) electrons. The van der Waals surface area contributed by atoms with E-state index in [4.69, 9.17) is 0 Å². The standard InChI is InChI=1S/C27H47N3O10/c1-10-15(4)20(30-9)22(34)26(39,13-19(32)25(6,38)21(33)16(5)28-7)23(35)27(40,24(36)37)12-18(31)17(29-8)11-14(2)3/h14-17,20,28-30,38-40H,10-13H2,1-9H3,(H,36,37)/t15?,16-,17-,20-,25?,26?,27?/m0/s1. The first-order valence-corrected chi connectivity index (χ1v) is 13.3. The minimum absolute atomic E-state index is 0.0298. The Morgan fingerprint density at radius 2 is 1.30 bits per heavy atom. The van der Waals surface area contributed by atoms with Crippen LogP contribution < -0.4 is 16.0 Å². The van der Waals surface area contributed by atoms with E-state index in [0.717, 1.165) is 6.92 Å². The summed E-state index contributed by atoms with van der Waals surface area (Å²) < 4.78 is 0. The van der Waals surface area contributed by atoms with Gasteiger partial charge in [0.2, 0.25) is 11.4 Å². The molecule has 0 aromatic heterocycles. The molecule has 0 spiro atoms. The van der Waals surface area contributed by atoms with E-state index in [1.54, 1.807) is 27.7 Å². The number of aliphatic carboxylic acids is 1. The highest BCUT2D eigenvalue weighted by Crippen LogP contribution is 2.31. The lowest BCUT2D eigenvalue weighted by Crippen LogP contribution is -2.67. The zero-order valence-corrected chi connectivity index (χ0v) is 25.0. The maximum Gasteiger partial charge on any atom is 0.344 e. The lowest BCUT2D eigenvalue weighted by molar-refractivity contribution is -0.181. The van der Waals surface area contributed by atoms with E-state index in [-0.39, 0.29) is 12.3 Å². The van der Waals surface area contributed by atoms with E-state index < -0.39 is 88.6 Å². The van der Waals surface area contributed by atoms with Crippen LogP contribution in [0.4, 0.5) is 0 Å². The lowest BCUT2D eigenvalue weighted by Gasteiger charge is -2.37. The van der Waals surface area contributed by atoms with Crippen molar-refractivity contribution in [1.29, 1.82) is 0 Å². The first-order valence-electron chi connectivity index (χ1n) is 13.3. The molecule has 0 amide bonds. The van der Waals surface area contributed by atoms with Gasteiger partial charge in [0.15, 0.2) is 34.3 Å². The number of carbonyl (C=O) groups is 6. The summed E-state index contributed by atoms with van der Waals surface area (Å²) in [4.78, 5) is 78.6. The molecule has 13 heteroatoms. The number of rotatable bonds is 20. The number of aliphatic hydroxyl groups is 3. The average Bonchev–Trinajstić information content (AvgIpc) is 2.89. The van der Waals surface area contributed by atoms with Crippen molar-refractivity contribution >= 4 is 34.9 Å². The van der Waals surface area contributed by atoms with Crippen molar-refractivity contribution in [2.75, 3.05) is 21.1 Å². The van der Waals surface area contributed by atoms with Crippen LogP contribution in [-0.2, 0) is 28.8 Å². The van der Waals surface area contributed by atoms with Gasteiger partial charge in [-0.15, -0.1) is 0 Å². The Balaban J connectivity index is 6.98. The third-order valence-corrected chi connectivity index (χ3v) is 7.46. The number of nitrogens with one attached hydrogen (secondary N) is 3. The van der Waals surface area contributed by atoms with Gasteiger partial charge >= 0.3 is 5.97 Å². The summed E-state index contributed by atoms with van der Waals surface area (Å²) in [5, 5.41) is 51.2. The van der Waals surface area contributed by atoms with Gasteiger partial charge in [-0.3, -0.25) is 24.0 Å². The number of carboxylic acid groups (broad SMARTS) is 1. The molecule has 0 bridgehead atoms. The van der Waals surface area contributed by atoms with Crippen LogP contribution in [0.25, 0.3) is 0 Å². The first-order chi connectivity index (χ1) is 18.2. The molecule has 7 N–H and O–H groups in total. The van der Waals surface area contributed by atoms with Gasteiger partial charge in [0, 0.05) is 0 Å². The predicted molar refractivity (Wildman–Crippen MR) is 146 cm³/mol. The third kappa shape index (κ3) is 8.30. The van der Waals surface area contributed by atoms with E-state index in [0.29, 0.717) is 6.42 Å². The molecule has 0 aliphatic carbocycles. The summed E-state index contributed by atoms with van der Waals surface area (Å²) in [5.74, 6) is -9.55. The maximum absolute atomic E-state index is 13.8. The molecule has 0 saturated carbocycles. The molecule has 0 aromatic carbocycles. The molecule has 40 heavy (non-hydrogen) atoms. The van der Waals surface area contributed by atoms with Gasteiger partial charge in [0.1, 0.15) is 0 Å². The summed E-state index contributed by atoms with van der Waals surface area (Å²) in [7, 11) is 4.16. The number of Topliss-reactive ketones (excluding diaryl/α,β-unsaturated/α-hetero) is 5. The quantitative estimate of drug-likeness (QED) is 0.0851. The number of carbonyl (C=O) groups excluding carboxylic acids is 5. The van der Waals surface area contributed by atoms with Gasteiger partial charge in [-0.05, 0) is 53.2 Å². The summed E-state index contributed by atoms with van der Waals surface area (Å²) in [6, 6.07) is -3.31. The number of carboxylic acids is 1. The van der Waals surface area contributed by atoms with Crippen molar-refractivity contribution in [3.05, 3.63) is 0 Å². The van der Waals surface area contributed by atoms with Gasteiger partial charge in [-0.25, -0.2) is 4.79 Å². The molecule has 0 aliphatic rings. The Morgan fingerprint density at radius 1 is 0.775 bits per heavy atom. The van der Waals surface area contributed by atoms with Crippen LogP contribution in [-0.4, -0.2) is 111 Å². The number of likely N-dealkylation sites (N-methyl/N-ethyl adjacent to an activating group) is 3. The minimum Gasteiger partial charge on any atom is -0.479 e. The van der Waals surface area contributed by atoms with Crippen LogP contribution in [0, 0.1) is 11.8 Å². The van der Waals surface area contributed by atoms with E-state index in [1.165, 1.54) is 28.1 Å². The highest BCUT2D eigenvalue weighted by molar-refractivity contribution is 6.25. The molecule has 0 aromatic rings. The normalized spacial score (nSPS) is 19.3. The Bertz CT molecular complexity index is 966. The first kappa shape index (κ1) is 37.6. The third-order valence-electron chi connectivity index (χ3n) is 7.46. The Hall–Kier alpha value is -2.42. The Kier molecular flexibility index (Phi) is 14.1. The summed E-state index contributed by atoms with van der Waals surface area (Å²) >= 11 is 0. The zero-order valence-electron chi connectivity index (χ0n) is 25.0. The van der Waals surface area contributed by atoms with Gasteiger partial charge in [-0.1, -0.05) is 34.1 Å². The monoisotopic (exact) mass is 573 g/mol. The van der Waals surface area contributed by atoms with Gasteiger partial charge in [0.05, 0.1) is 31.0 Å². The molecule has 0 aliphatic heterocycles. The van der Waals surface area contributed by atoms with Crippen molar-refractivity contribution < 1.29 is 49.2 Å². The molecule has 0 heterocycles. The second kappa shape index (κ2) is 15.0. The second-order valence-corrected chi connectivity index (χ2v) is 11.0. The topological polar surface area (TPSA) is 219 Å². The van der Waals surface area contributed by atoms with Crippen LogP contribution in [0.5, 0.6) is 0 Å². The van der Waals surface area contributed by atoms with Crippen molar-refractivity contribution in [1.82, 2.24) is 16.0 Å². The SMILES string of the molecule is CCC(C)[C@H](NC)C(=O)C(O)(CC(=O)C(C)(O)C(=O)[C@H](C)NC)C(=O)C(O)(CC(=O)[C@H](CC(C)C)NC)C(=O)O. The minimum atomic E-state index is -3.62. The zero-order chi connectivity index (χ0) is 31.8. The van der Waals surface area contributed by atoms with Gasteiger partial charge in [0.25, 0.3) is 0 Å². The molecular formula is C27H47N3O10. The van der Waals surface area contributed by atoms with E-state index in [1.807, 2.05) is 0 Å².